The molecule has 0 unspecified atom stereocenters. The molecule has 11 aromatic rings. The van der Waals surface area contributed by atoms with Gasteiger partial charge in [-0.15, -0.1) is 0 Å². The average Bonchev–Trinajstić information content (AvgIpc) is 3.81. The van der Waals surface area contributed by atoms with Crippen LogP contribution in [0, 0.1) is 0 Å². The summed E-state index contributed by atoms with van der Waals surface area (Å²) in [6.45, 7) is 0. The van der Waals surface area contributed by atoms with Crippen LogP contribution in [0.15, 0.2) is 219 Å². The molecule has 268 valence electrons. The van der Waals surface area contributed by atoms with Crippen LogP contribution in [0.25, 0.3) is 66.4 Å². The molecule has 0 bridgehead atoms. The Labute approximate surface area is 331 Å². The lowest BCUT2D eigenvalue weighted by molar-refractivity contribution is 1.14. The fraction of sp³-hybridized carbons (Fsp3) is 0. The van der Waals surface area contributed by atoms with Crippen LogP contribution in [0.3, 0.4) is 0 Å². The molecule has 0 saturated heterocycles. The Kier molecular flexibility index (Phi) is 7.79. The van der Waals surface area contributed by atoms with Gasteiger partial charge in [-0.1, -0.05) is 146 Å². The third-order valence-electron chi connectivity index (χ3n) is 11.5. The lowest BCUT2D eigenvalue weighted by atomic mass is 10.1. The van der Waals surface area contributed by atoms with Gasteiger partial charge in [0.05, 0.1) is 22.2 Å². The highest BCUT2D eigenvalue weighted by atomic mass is 28.3. The topological polar surface area (TPSA) is 35.6 Å². The second kappa shape index (κ2) is 13.4. The van der Waals surface area contributed by atoms with E-state index in [1.54, 1.807) is 0 Å². The molecule has 5 heteroatoms. The summed E-state index contributed by atoms with van der Waals surface area (Å²) in [4.78, 5) is 9.89. The van der Waals surface area contributed by atoms with E-state index in [2.05, 4.69) is 209 Å². The summed E-state index contributed by atoms with van der Waals surface area (Å²) in [6, 6.07) is 75.1. The van der Waals surface area contributed by atoms with Crippen molar-refractivity contribution in [1.29, 1.82) is 0 Å². The molecule has 0 atom stereocenters. The number of benzene rings is 7. The molecule has 0 spiro atoms. The Morgan fingerprint density at radius 1 is 0.368 bits per heavy atom. The van der Waals surface area contributed by atoms with Crippen molar-refractivity contribution < 1.29 is 0 Å². The summed E-state index contributed by atoms with van der Waals surface area (Å²) >= 11 is 0. The lowest BCUT2D eigenvalue weighted by Crippen LogP contribution is -2.74. The molecule has 0 aliphatic heterocycles. The van der Waals surface area contributed by atoms with Crippen LogP contribution in [0.4, 0.5) is 0 Å². The molecule has 0 amide bonds. The van der Waals surface area contributed by atoms with Crippen molar-refractivity contribution in [2.45, 2.75) is 0 Å². The highest BCUT2D eigenvalue weighted by Crippen LogP contribution is 2.41. The molecular formula is C52H36N4Si. The number of rotatable bonds is 7. The predicted octanol–water partition coefficient (Wildman–Crippen LogP) is 9.72. The molecule has 0 N–H and O–H groups in total. The van der Waals surface area contributed by atoms with E-state index in [0.29, 0.717) is 0 Å². The predicted molar refractivity (Wildman–Crippen MR) is 240 cm³/mol. The first kappa shape index (κ1) is 33.0. The minimum absolute atomic E-state index is 0.936. The number of pyridine rings is 2. The van der Waals surface area contributed by atoms with Crippen LogP contribution in [-0.4, -0.2) is 27.2 Å². The van der Waals surface area contributed by atoms with Gasteiger partial charge in [0.1, 0.15) is 5.65 Å². The highest BCUT2D eigenvalue weighted by Gasteiger charge is 2.42. The Bertz CT molecular complexity index is 3190. The molecular weight excluding hydrogens is 709 g/mol. The van der Waals surface area contributed by atoms with E-state index in [-0.39, 0.29) is 0 Å². The largest absolute Gasteiger partial charge is 0.309 e. The summed E-state index contributed by atoms with van der Waals surface area (Å²) in [7, 11) is -2.93. The molecule has 0 fully saturated rings. The molecule has 0 aliphatic carbocycles. The standard InChI is InChI=1S/C52H36N4Si/c1-4-18-38(19-5-1)55-48-30-11-10-27-44(48)45-31-32-49-50(51(45)55)46-28-16-34-54-52(46)56(49)39-20-15-26-43(36-39)57(40-21-6-2-7-22-40,41-23-8-3-9-24-41)42-25-14-17-37(35-42)47-29-12-13-33-53-47/h1-36H. The molecule has 7 aromatic carbocycles. The average molecular weight is 745 g/mol. The molecule has 0 saturated carbocycles. The number of para-hydroxylation sites is 2. The summed E-state index contributed by atoms with van der Waals surface area (Å²) in [5.74, 6) is 0. The summed E-state index contributed by atoms with van der Waals surface area (Å²) < 4.78 is 4.80. The number of nitrogens with zero attached hydrogens (tertiary/aromatic N) is 4. The maximum Gasteiger partial charge on any atom is 0.179 e. The normalized spacial score (nSPS) is 11.9. The van der Waals surface area contributed by atoms with E-state index in [0.717, 1.165) is 39.2 Å². The maximum atomic E-state index is 5.13. The van der Waals surface area contributed by atoms with Gasteiger partial charge >= 0.3 is 0 Å². The molecule has 4 nitrogen and oxygen atoms in total. The van der Waals surface area contributed by atoms with Crippen LogP contribution in [-0.2, 0) is 0 Å². The van der Waals surface area contributed by atoms with Crippen molar-refractivity contribution >= 4 is 72.6 Å². The Morgan fingerprint density at radius 3 is 1.74 bits per heavy atom. The third kappa shape index (κ3) is 5.13. The van der Waals surface area contributed by atoms with Gasteiger partial charge in [-0.25, -0.2) is 4.98 Å². The number of fused-ring (bicyclic) bond motifs is 7. The number of hydrogen-bond acceptors (Lipinski definition) is 2. The zero-order valence-electron chi connectivity index (χ0n) is 31.1. The van der Waals surface area contributed by atoms with Gasteiger partial charge in [0.2, 0.25) is 0 Å². The number of hydrogen-bond donors (Lipinski definition) is 0. The third-order valence-corrected chi connectivity index (χ3v) is 16.3. The fourth-order valence-corrected chi connectivity index (χ4v) is 14.0. The lowest BCUT2D eigenvalue weighted by Gasteiger charge is -2.35. The number of aromatic nitrogens is 4. The first-order valence-corrected chi connectivity index (χ1v) is 21.4. The van der Waals surface area contributed by atoms with Crippen LogP contribution in [0.2, 0.25) is 0 Å². The molecule has 57 heavy (non-hydrogen) atoms. The van der Waals surface area contributed by atoms with Gasteiger partial charge in [-0.3, -0.25) is 9.55 Å². The highest BCUT2D eigenvalue weighted by molar-refractivity contribution is 7.20. The van der Waals surface area contributed by atoms with E-state index in [9.17, 15) is 0 Å². The SMILES string of the molecule is c1ccc(-n2c3ccccc3c3ccc4c(c5cccnc5n4-c4cccc([Si](c5ccccc5)(c5ccccc5)c5cccc(-c6ccccn6)c5)c4)c32)cc1. The van der Waals surface area contributed by atoms with E-state index < -0.39 is 8.07 Å². The van der Waals surface area contributed by atoms with Gasteiger partial charge < -0.3 is 4.57 Å². The maximum absolute atomic E-state index is 5.13. The monoisotopic (exact) mass is 744 g/mol. The van der Waals surface area contributed by atoms with Gasteiger partial charge in [-0.05, 0) is 81.4 Å². The quantitative estimate of drug-likeness (QED) is 0.120. The van der Waals surface area contributed by atoms with Crippen molar-refractivity contribution in [3.8, 4) is 22.6 Å². The molecule has 0 radical (unpaired) electrons. The summed E-state index contributed by atoms with van der Waals surface area (Å²) in [5.41, 5.74) is 8.73. The molecule has 0 aliphatic rings. The van der Waals surface area contributed by atoms with E-state index >= 15 is 0 Å². The molecule has 4 heterocycles. The first-order valence-electron chi connectivity index (χ1n) is 19.4. The Morgan fingerprint density at radius 2 is 0.982 bits per heavy atom. The van der Waals surface area contributed by atoms with Crippen molar-refractivity contribution in [3.63, 3.8) is 0 Å². The summed E-state index contributed by atoms with van der Waals surface area (Å²) in [5, 5.41) is 10.0. The summed E-state index contributed by atoms with van der Waals surface area (Å²) in [6.07, 6.45) is 3.79. The van der Waals surface area contributed by atoms with Crippen LogP contribution in [0.5, 0.6) is 0 Å². The van der Waals surface area contributed by atoms with Crippen molar-refractivity contribution in [3.05, 3.63) is 219 Å². The smallest absolute Gasteiger partial charge is 0.179 e. The van der Waals surface area contributed by atoms with E-state index in [1.807, 2.05) is 18.5 Å². The second-order valence-electron chi connectivity index (χ2n) is 14.6. The molecule has 4 aromatic heterocycles. The van der Waals surface area contributed by atoms with Gasteiger partial charge in [0.25, 0.3) is 0 Å². The fourth-order valence-electron chi connectivity index (χ4n) is 9.19. The van der Waals surface area contributed by atoms with E-state index in [1.165, 1.54) is 47.9 Å². The van der Waals surface area contributed by atoms with Crippen LogP contribution >= 0.6 is 0 Å². The minimum Gasteiger partial charge on any atom is -0.309 e. The first-order chi connectivity index (χ1) is 28.3. The zero-order chi connectivity index (χ0) is 37.8. The van der Waals surface area contributed by atoms with Gasteiger partial charge in [0, 0.05) is 50.9 Å². The van der Waals surface area contributed by atoms with Crippen LogP contribution in [0.1, 0.15) is 0 Å². The van der Waals surface area contributed by atoms with Crippen molar-refractivity contribution in [2.75, 3.05) is 0 Å². The van der Waals surface area contributed by atoms with Crippen LogP contribution < -0.4 is 20.7 Å². The van der Waals surface area contributed by atoms with Gasteiger partial charge in [0.15, 0.2) is 8.07 Å². The zero-order valence-corrected chi connectivity index (χ0v) is 32.1. The second-order valence-corrected chi connectivity index (χ2v) is 18.4. The Balaban J connectivity index is 1.23. The van der Waals surface area contributed by atoms with E-state index in [4.69, 9.17) is 9.97 Å². The Hall–Kier alpha value is -7.34. The van der Waals surface area contributed by atoms with Gasteiger partial charge in [-0.2, -0.15) is 0 Å². The minimum atomic E-state index is -2.93. The molecule has 11 rings (SSSR count). The van der Waals surface area contributed by atoms with Crippen molar-refractivity contribution in [2.24, 2.45) is 0 Å². The van der Waals surface area contributed by atoms with Crippen molar-refractivity contribution in [1.82, 2.24) is 19.1 Å².